The van der Waals surface area contributed by atoms with Gasteiger partial charge in [-0.25, -0.2) is 0 Å². The Kier molecular flexibility index (Phi) is 6.34. The van der Waals surface area contributed by atoms with Crippen molar-refractivity contribution in [3.8, 4) is 0 Å². The number of hydrogen-bond donors (Lipinski definition) is 0. The summed E-state index contributed by atoms with van der Waals surface area (Å²) in [5.74, 6) is -0.116. The van der Waals surface area contributed by atoms with Crippen molar-refractivity contribution in [2.45, 2.75) is 89.3 Å². The van der Waals surface area contributed by atoms with Gasteiger partial charge in [0.2, 0.25) is 0 Å². The van der Waals surface area contributed by atoms with Crippen molar-refractivity contribution in [2.24, 2.45) is 0 Å². The molecule has 0 aromatic carbocycles. The van der Waals surface area contributed by atoms with Crippen molar-refractivity contribution >= 4 is 11.9 Å². The maximum Gasteiger partial charge on any atom is 0.306 e. The summed E-state index contributed by atoms with van der Waals surface area (Å²) in [6.45, 7) is 0. The molecule has 0 N–H and O–H groups in total. The van der Waals surface area contributed by atoms with Gasteiger partial charge in [-0.2, -0.15) is 0 Å². The molecular formula is C16H26O4. The van der Waals surface area contributed by atoms with E-state index < -0.39 is 0 Å². The van der Waals surface area contributed by atoms with Gasteiger partial charge in [0.15, 0.2) is 0 Å². The molecule has 3 fully saturated rings. The predicted molar refractivity (Wildman–Crippen MR) is 75.2 cm³/mol. The lowest BCUT2D eigenvalue weighted by molar-refractivity contribution is -0.158. The van der Waals surface area contributed by atoms with Gasteiger partial charge in [-0.05, 0) is 38.5 Å². The van der Waals surface area contributed by atoms with Gasteiger partial charge in [-0.3, -0.25) is 9.59 Å². The summed E-state index contributed by atoms with van der Waals surface area (Å²) in [6.07, 6.45) is 10.7. The van der Waals surface area contributed by atoms with E-state index in [0.29, 0.717) is 12.8 Å². The number of hydrogen-bond acceptors (Lipinski definition) is 4. The molecule has 2 heterocycles. The first-order valence-corrected chi connectivity index (χ1v) is 8.13. The van der Waals surface area contributed by atoms with Crippen LogP contribution >= 0.6 is 0 Å². The largest absolute Gasteiger partial charge is 0.462 e. The number of fused-ring (bicyclic) bond motifs is 13. The standard InChI is InChI=1S/C16H26O4/c17-15-7-5-3-1-2-4-6-8-16(18)20-14-11-9-13(19-15)10-12-14/h13-14H,1-12H2. The summed E-state index contributed by atoms with van der Waals surface area (Å²) in [5.41, 5.74) is 0. The quantitative estimate of drug-likeness (QED) is 0.638. The van der Waals surface area contributed by atoms with Gasteiger partial charge in [0, 0.05) is 12.8 Å². The number of esters is 2. The van der Waals surface area contributed by atoms with E-state index in [1.165, 1.54) is 0 Å². The molecule has 2 saturated heterocycles. The molecule has 2 bridgehead atoms. The Morgan fingerprint density at radius 3 is 1.35 bits per heavy atom. The summed E-state index contributed by atoms with van der Waals surface area (Å²) in [4.78, 5) is 23.4. The number of rotatable bonds is 0. The molecule has 114 valence electrons. The maximum absolute atomic E-state index is 11.7. The van der Waals surface area contributed by atoms with Gasteiger partial charge in [-0.15, -0.1) is 0 Å². The van der Waals surface area contributed by atoms with Crippen LogP contribution < -0.4 is 0 Å². The Morgan fingerprint density at radius 2 is 0.950 bits per heavy atom. The molecule has 3 rings (SSSR count). The highest BCUT2D eigenvalue weighted by atomic mass is 16.6. The second-order valence-electron chi connectivity index (χ2n) is 6.00. The molecule has 3 aliphatic rings. The first-order chi connectivity index (χ1) is 9.74. The molecule has 0 aromatic heterocycles. The molecule has 2 aliphatic heterocycles. The highest BCUT2D eigenvalue weighted by molar-refractivity contribution is 5.70. The minimum Gasteiger partial charge on any atom is -0.462 e. The fourth-order valence-electron chi connectivity index (χ4n) is 3.00. The number of carbonyl (C=O) groups excluding carboxylic acids is 2. The van der Waals surface area contributed by atoms with Crippen LogP contribution in [0.25, 0.3) is 0 Å². The second-order valence-corrected chi connectivity index (χ2v) is 6.00. The summed E-state index contributed by atoms with van der Waals surface area (Å²) < 4.78 is 11.0. The van der Waals surface area contributed by atoms with Crippen LogP contribution in [-0.4, -0.2) is 24.1 Å². The topological polar surface area (TPSA) is 52.6 Å². The molecule has 20 heavy (non-hydrogen) atoms. The first kappa shape index (κ1) is 15.3. The Balaban J connectivity index is 1.82. The predicted octanol–water partition coefficient (Wildman–Crippen LogP) is 3.52. The monoisotopic (exact) mass is 282 g/mol. The molecule has 1 aliphatic carbocycles. The summed E-state index contributed by atoms with van der Waals surface area (Å²) in [5, 5.41) is 0. The molecular weight excluding hydrogens is 256 g/mol. The van der Waals surface area contributed by atoms with Crippen LogP contribution in [-0.2, 0) is 19.1 Å². The van der Waals surface area contributed by atoms with Crippen molar-refractivity contribution in [3.05, 3.63) is 0 Å². The minimum absolute atomic E-state index is 0.0327. The minimum atomic E-state index is -0.0578. The van der Waals surface area contributed by atoms with Crippen LogP contribution in [0.15, 0.2) is 0 Å². The Morgan fingerprint density at radius 1 is 0.600 bits per heavy atom. The van der Waals surface area contributed by atoms with E-state index in [9.17, 15) is 9.59 Å². The molecule has 0 amide bonds. The van der Waals surface area contributed by atoms with E-state index in [0.717, 1.165) is 64.2 Å². The maximum atomic E-state index is 11.7. The molecule has 0 spiro atoms. The molecule has 0 unspecified atom stereocenters. The van der Waals surface area contributed by atoms with Gasteiger partial charge in [-0.1, -0.05) is 25.7 Å². The van der Waals surface area contributed by atoms with Gasteiger partial charge in [0.05, 0.1) is 0 Å². The van der Waals surface area contributed by atoms with Gasteiger partial charge in [0.1, 0.15) is 12.2 Å². The fourth-order valence-corrected chi connectivity index (χ4v) is 3.00. The summed E-state index contributed by atoms with van der Waals surface area (Å²) >= 11 is 0. The SMILES string of the molecule is O=C1CCCCCCCCC(=O)OC2CCC(CC2)O1. The molecule has 0 radical (unpaired) electrons. The van der Waals surface area contributed by atoms with E-state index in [-0.39, 0.29) is 24.1 Å². The number of ether oxygens (including phenoxy) is 2. The average molecular weight is 282 g/mol. The molecule has 0 atom stereocenters. The third-order valence-corrected chi connectivity index (χ3v) is 4.23. The normalized spacial score (nSPS) is 30.6. The van der Waals surface area contributed by atoms with E-state index in [1.54, 1.807) is 0 Å². The Bertz CT molecular complexity index is 286. The zero-order chi connectivity index (χ0) is 14.2. The van der Waals surface area contributed by atoms with Crippen molar-refractivity contribution < 1.29 is 19.1 Å². The van der Waals surface area contributed by atoms with Crippen molar-refractivity contribution in [1.82, 2.24) is 0 Å². The highest BCUT2D eigenvalue weighted by Crippen LogP contribution is 2.25. The van der Waals surface area contributed by atoms with Crippen LogP contribution in [0.2, 0.25) is 0 Å². The van der Waals surface area contributed by atoms with Gasteiger partial charge >= 0.3 is 11.9 Å². The lowest BCUT2D eigenvalue weighted by Gasteiger charge is -2.28. The third-order valence-electron chi connectivity index (χ3n) is 4.23. The first-order valence-electron chi connectivity index (χ1n) is 8.13. The molecule has 1 saturated carbocycles. The fraction of sp³-hybridized carbons (Fsp3) is 0.875. The zero-order valence-corrected chi connectivity index (χ0v) is 12.3. The van der Waals surface area contributed by atoms with E-state index >= 15 is 0 Å². The molecule has 4 heteroatoms. The second kappa shape index (κ2) is 8.28. The van der Waals surface area contributed by atoms with Gasteiger partial charge in [0.25, 0.3) is 0 Å². The van der Waals surface area contributed by atoms with E-state index in [4.69, 9.17) is 9.47 Å². The third kappa shape index (κ3) is 5.51. The number of carbonyl (C=O) groups is 2. The Labute approximate surface area is 121 Å². The van der Waals surface area contributed by atoms with Crippen LogP contribution in [0.1, 0.15) is 77.0 Å². The Hall–Kier alpha value is -1.06. The van der Waals surface area contributed by atoms with Crippen LogP contribution in [0.3, 0.4) is 0 Å². The summed E-state index contributed by atoms with van der Waals surface area (Å²) in [7, 11) is 0. The average Bonchev–Trinajstić information content (AvgIpc) is 2.43. The highest BCUT2D eigenvalue weighted by Gasteiger charge is 2.26. The van der Waals surface area contributed by atoms with Crippen LogP contribution in [0.5, 0.6) is 0 Å². The molecule has 4 nitrogen and oxygen atoms in total. The van der Waals surface area contributed by atoms with Crippen LogP contribution in [0, 0.1) is 0 Å². The van der Waals surface area contributed by atoms with Crippen LogP contribution in [0.4, 0.5) is 0 Å². The van der Waals surface area contributed by atoms with E-state index in [1.807, 2.05) is 0 Å². The smallest absolute Gasteiger partial charge is 0.306 e. The van der Waals surface area contributed by atoms with Crippen molar-refractivity contribution in [2.75, 3.05) is 0 Å². The zero-order valence-electron chi connectivity index (χ0n) is 12.3. The lowest BCUT2D eigenvalue weighted by atomic mass is 9.95. The van der Waals surface area contributed by atoms with E-state index in [2.05, 4.69) is 0 Å². The van der Waals surface area contributed by atoms with Crippen molar-refractivity contribution in [1.29, 1.82) is 0 Å². The lowest BCUT2D eigenvalue weighted by Crippen LogP contribution is -2.29. The van der Waals surface area contributed by atoms with Gasteiger partial charge < -0.3 is 9.47 Å². The summed E-state index contributed by atoms with van der Waals surface area (Å²) in [6, 6.07) is 0. The molecule has 0 aromatic rings. The van der Waals surface area contributed by atoms with Crippen molar-refractivity contribution in [3.63, 3.8) is 0 Å².